The summed E-state index contributed by atoms with van der Waals surface area (Å²) in [7, 11) is 0. The van der Waals surface area contributed by atoms with E-state index in [1.807, 2.05) is 12.1 Å². The Kier molecular flexibility index (Phi) is 5.40. The fraction of sp³-hybridized carbons (Fsp3) is 0.286. The van der Waals surface area contributed by atoms with Crippen molar-refractivity contribution in [2.24, 2.45) is 5.73 Å². The molecular formula is C14H15N3S2. The van der Waals surface area contributed by atoms with Gasteiger partial charge in [-0.2, -0.15) is 4.37 Å². The minimum absolute atomic E-state index is 0.392. The third-order valence-corrected chi connectivity index (χ3v) is 4.33. The van der Waals surface area contributed by atoms with E-state index in [9.17, 15) is 0 Å². The van der Waals surface area contributed by atoms with E-state index in [4.69, 9.17) is 5.73 Å². The number of rotatable bonds is 4. The van der Waals surface area contributed by atoms with Gasteiger partial charge < -0.3 is 5.73 Å². The Morgan fingerprint density at radius 3 is 3.05 bits per heavy atom. The molecular weight excluding hydrogens is 274 g/mol. The van der Waals surface area contributed by atoms with Crippen molar-refractivity contribution in [1.29, 1.82) is 0 Å². The molecule has 5 heteroatoms. The summed E-state index contributed by atoms with van der Waals surface area (Å²) in [6, 6.07) is 8.21. The van der Waals surface area contributed by atoms with E-state index in [0.29, 0.717) is 6.54 Å². The molecule has 0 spiro atoms. The third kappa shape index (κ3) is 4.35. The van der Waals surface area contributed by atoms with Crippen molar-refractivity contribution in [2.75, 3.05) is 6.54 Å². The summed E-state index contributed by atoms with van der Waals surface area (Å²) >= 11 is 3.18. The second kappa shape index (κ2) is 7.29. The highest BCUT2D eigenvalue weighted by Gasteiger charge is 2.03. The van der Waals surface area contributed by atoms with Crippen LogP contribution in [0.1, 0.15) is 23.9 Å². The summed E-state index contributed by atoms with van der Waals surface area (Å²) < 4.78 is 5.30. The van der Waals surface area contributed by atoms with Crippen LogP contribution in [-0.4, -0.2) is 15.9 Å². The van der Waals surface area contributed by atoms with Crippen molar-refractivity contribution < 1.29 is 0 Å². The van der Waals surface area contributed by atoms with Crippen LogP contribution in [0.25, 0.3) is 0 Å². The number of thioether (sulfide) groups is 1. The Balaban J connectivity index is 1.99. The molecule has 2 aromatic rings. The summed E-state index contributed by atoms with van der Waals surface area (Å²) in [5, 5.41) is 0. The van der Waals surface area contributed by atoms with E-state index < -0.39 is 0 Å². The molecule has 0 atom stereocenters. The Hall–Kier alpha value is -1.35. The molecule has 0 saturated heterocycles. The molecule has 0 unspecified atom stereocenters. The fourth-order valence-electron chi connectivity index (χ4n) is 1.48. The summed E-state index contributed by atoms with van der Waals surface area (Å²) in [6.07, 6.45) is 0.890. The lowest BCUT2D eigenvalue weighted by molar-refractivity contribution is 0.971. The molecule has 1 aromatic heterocycles. The number of aromatic nitrogens is 2. The second-order valence-corrected chi connectivity index (χ2v) is 5.80. The first kappa shape index (κ1) is 14.1. The Labute approximate surface area is 121 Å². The number of hydrogen-bond acceptors (Lipinski definition) is 5. The average molecular weight is 289 g/mol. The maximum Gasteiger partial charge on any atom is 0.170 e. The number of nitrogens with two attached hydrogens (primary N) is 1. The van der Waals surface area contributed by atoms with E-state index >= 15 is 0 Å². The monoisotopic (exact) mass is 289 g/mol. The molecule has 19 heavy (non-hydrogen) atoms. The zero-order chi connectivity index (χ0) is 13.5. The van der Waals surface area contributed by atoms with Gasteiger partial charge in [-0.15, -0.1) is 0 Å². The number of benzene rings is 1. The highest BCUT2D eigenvalue weighted by molar-refractivity contribution is 8.00. The molecule has 0 fully saturated rings. The van der Waals surface area contributed by atoms with E-state index in [2.05, 4.69) is 40.3 Å². The molecule has 1 heterocycles. The standard InChI is InChI=1S/C14H15N3S2/c1-2-13-16-14(19-17-13)18-10-12-6-3-5-11(9-12)7-4-8-15/h3,5-6,9H,2,8,10,15H2,1H3. The van der Waals surface area contributed by atoms with E-state index in [1.165, 1.54) is 17.1 Å². The highest BCUT2D eigenvalue weighted by atomic mass is 32.2. The van der Waals surface area contributed by atoms with Crippen molar-refractivity contribution in [3.05, 3.63) is 41.2 Å². The van der Waals surface area contributed by atoms with Crippen molar-refractivity contribution in [3.8, 4) is 11.8 Å². The summed E-state index contributed by atoms with van der Waals surface area (Å²) in [4.78, 5) is 4.44. The number of nitrogens with zero attached hydrogens (tertiary/aromatic N) is 2. The van der Waals surface area contributed by atoms with Crippen LogP contribution >= 0.6 is 23.3 Å². The van der Waals surface area contributed by atoms with Crippen LogP contribution in [0, 0.1) is 11.8 Å². The van der Waals surface area contributed by atoms with E-state index in [-0.39, 0.29) is 0 Å². The van der Waals surface area contributed by atoms with Crippen molar-refractivity contribution in [3.63, 3.8) is 0 Å². The molecule has 0 aliphatic heterocycles. The molecule has 0 amide bonds. The van der Waals surface area contributed by atoms with Crippen LogP contribution in [0.3, 0.4) is 0 Å². The zero-order valence-electron chi connectivity index (χ0n) is 10.7. The van der Waals surface area contributed by atoms with Crippen molar-refractivity contribution in [2.45, 2.75) is 23.4 Å². The summed E-state index contributed by atoms with van der Waals surface area (Å²) in [5.74, 6) is 7.73. The lowest BCUT2D eigenvalue weighted by atomic mass is 10.1. The van der Waals surface area contributed by atoms with Crippen molar-refractivity contribution >= 4 is 23.3 Å². The molecule has 2 rings (SSSR count). The summed E-state index contributed by atoms with van der Waals surface area (Å²) in [5.41, 5.74) is 7.62. The lowest BCUT2D eigenvalue weighted by Gasteiger charge is -1.99. The number of aryl methyl sites for hydroxylation is 1. The molecule has 3 nitrogen and oxygen atoms in total. The first-order valence-corrected chi connectivity index (χ1v) is 7.81. The molecule has 0 saturated carbocycles. The van der Waals surface area contributed by atoms with Crippen LogP contribution in [0.5, 0.6) is 0 Å². The van der Waals surface area contributed by atoms with Crippen LogP contribution in [0.2, 0.25) is 0 Å². The largest absolute Gasteiger partial charge is 0.320 e. The maximum absolute atomic E-state index is 5.37. The van der Waals surface area contributed by atoms with Gasteiger partial charge in [0.2, 0.25) is 0 Å². The molecule has 0 aliphatic carbocycles. The normalized spacial score (nSPS) is 10.0. The smallest absolute Gasteiger partial charge is 0.170 e. The highest BCUT2D eigenvalue weighted by Crippen LogP contribution is 2.24. The molecule has 98 valence electrons. The van der Waals surface area contributed by atoms with Crippen LogP contribution in [-0.2, 0) is 12.2 Å². The minimum Gasteiger partial charge on any atom is -0.320 e. The molecule has 0 radical (unpaired) electrons. The van der Waals surface area contributed by atoms with Gasteiger partial charge in [0.1, 0.15) is 5.82 Å². The predicted octanol–water partition coefficient (Wildman–Crippen LogP) is 2.70. The Morgan fingerprint density at radius 1 is 1.42 bits per heavy atom. The van der Waals surface area contributed by atoms with Crippen LogP contribution < -0.4 is 5.73 Å². The molecule has 0 aliphatic rings. The van der Waals surface area contributed by atoms with E-state index in [0.717, 1.165) is 27.9 Å². The zero-order valence-corrected chi connectivity index (χ0v) is 12.4. The van der Waals surface area contributed by atoms with E-state index in [1.54, 1.807) is 11.8 Å². The second-order valence-electron chi connectivity index (χ2n) is 3.83. The number of hydrogen-bond donors (Lipinski definition) is 1. The predicted molar refractivity (Wildman–Crippen MR) is 81.2 cm³/mol. The summed E-state index contributed by atoms with van der Waals surface area (Å²) in [6.45, 7) is 2.46. The van der Waals surface area contributed by atoms with Gasteiger partial charge in [-0.05, 0) is 29.2 Å². The van der Waals surface area contributed by atoms with Gasteiger partial charge in [0.15, 0.2) is 4.34 Å². The minimum atomic E-state index is 0.392. The Morgan fingerprint density at radius 2 is 2.32 bits per heavy atom. The van der Waals surface area contributed by atoms with Gasteiger partial charge in [0, 0.05) is 17.7 Å². The van der Waals surface area contributed by atoms with Gasteiger partial charge in [-0.25, -0.2) is 4.98 Å². The van der Waals surface area contributed by atoms with Crippen molar-refractivity contribution in [1.82, 2.24) is 9.36 Å². The van der Waals surface area contributed by atoms with Gasteiger partial charge in [-0.1, -0.05) is 42.7 Å². The fourth-order valence-corrected chi connectivity index (χ4v) is 3.12. The van der Waals surface area contributed by atoms with Gasteiger partial charge in [0.25, 0.3) is 0 Å². The Bertz CT molecular complexity index is 596. The quantitative estimate of drug-likeness (QED) is 0.694. The third-order valence-electron chi connectivity index (χ3n) is 2.39. The van der Waals surface area contributed by atoms with Gasteiger partial charge in [0.05, 0.1) is 6.54 Å². The van der Waals surface area contributed by atoms with Gasteiger partial charge >= 0.3 is 0 Å². The van der Waals surface area contributed by atoms with Gasteiger partial charge in [-0.3, -0.25) is 0 Å². The molecule has 1 aromatic carbocycles. The van der Waals surface area contributed by atoms with Crippen LogP contribution in [0.15, 0.2) is 28.6 Å². The topological polar surface area (TPSA) is 51.8 Å². The first-order chi connectivity index (χ1) is 9.31. The average Bonchev–Trinajstić information content (AvgIpc) is 2.91. The first-order valence-electron chi connectivity index (χ1n) is 6.05. The lowest BCUT2D eigenvalue weighted by Crippen LogP contribution is -1.93. The molecule has 2 N–H and O–H groups in total. The molecule has 0 bridgehead atoms. The maximum atomic E-state index is 5.37. The van der Waals surface area contributed by atoms with Crippen LogP contribution in [0.4, 0.5) is 0 Å². The SMILES string of the molecule is CCc1nsc(SCc2cccc(C#CCN)c2)n1.